The van der Waals surface area contributed by atoms with Gasteiger partial charge >= 0.3 is 0 Å². The molecule has 0 unspecified atom stereocenters. The van der Waals surface area contributed by atoms with Gasteiger partial charge in [0, 0.05) is 18.5 Å². The molecule has 0 aromatic carbocycles. The van der Waals surface area contributed by atoms with E-state index in [9.17, 15) is 13.2 Å². The van der Waals surface area contributed by atoms with Crippen molar-refractivity contribution in [3.8, 4) is 0 Å². The zero-order valence-corrected chi connectivity index (χ0v) is 11.1. The molecule has 0 spiro atoms. The molecule has 0 N–H and O–H groups in total. The summed E-state index contributed by atoms with van der Waals surface area (Å²) in [6.07, 6.45) is 1.81. The maximum atomic E-state index is 12.2. The van der Waals surface area contributed by atoms with E-state index in [1.807, 2.05) is 13.8 Å². The molecule has 4 nitrogen and oxygen atoms in total. The zero-order valence-electron chi connectivity index (χ0n) is 10.3. The molecule has 0 aliphatic carbocycles. The summed E-state index contributed by atoms with van der Waals surface area (Å²) in [5.41, 5.74) is -0.365. The van der Waals surface area contributed by atoms with E-state index in [4.69, 9.17) is 0 Å². The average molecular weight is 247 g/mol. The van der Waals surface area contributed by atoms with E-state index in [1.165, 1.54) is 0 Å². The summed E-state index contributed by atoms with van der Waals surface area (Å²) < 4.78 is 22.5. The molecule has 0 saturated carbocycles. The number of sulfone groups is 1. The van der Waals surface area contributed by atoms with Crippen molar-refractivity contribution < 1.29 is 13.2 Å². The van der Waals surface area contributed by atoms with E-state index < -0.39 is 9.84 Å². The van der Waals surface area contributed by atoms with E-state index in [2.05, 4.69) is 6.92 Å². The molecule has 94 valence electrons. The first-order chi connectivity index (χ1) is 7.28. The third kappa shape index (κ3) is 3.20. The predicted octanol–water partition coefficient (Wildman–Crippen LogP) is 1.07. The minimum Gasteiger partial charge on any atom is -0.340 e. The van der Waals surface area contributed by atoms with Crippen molar-refractivity contribution in [2.24, 2.45) is 5.41 Å². The second kappa shape index (κ2) is 4.73. The van der Waals surface area contributed by atoms with Crippen molar-refractivity contribution in [3.05, 3.63) is 0 Å². The number of hydrogen-bond donors (Lipinski definition) is 0. The van der Waals surface area contributed by atoms with Gasteiger partial charge in [0.05, 0.1) is 11.5 Å². The van der Waals surface area contributed by atoms with Gasteiger partial charge < -0.3 is 4.90 Å². The monoisotopic (exact) mass is 247 g/mol. The first-order valence-electron chi connectivity index (χ1n) is 5.78. The Morgan fingerprint density at radius 1 is 1.25 bits per heavy atom. The fraction of sp³-hybridized carbons (Fsp3) is 0.909. The lowest BCUT2D eigenvalue weighted by atomic mass is 9.86. The SMILES string of the molecule is CCCC(C)(C)C(=O)N1CCS(=O)(=O)CC1. The lowest BCUT2D eigenvalue weighted by molar-refractivity contribution is -0.140. The van der Waals surface area contributed by atoms with Gasteiger partial charge in [-0.15, -0.1) is 0 Å². The van der Waals surface area contributed by atoms with Crippen LogP contribution in [0.2, 0.25) is 0 Å². The van der Waals surface area contributed by atoms with Crippen LogP contribution in [0.15, 0.2) is 0 Å². The number of amides is 1. The molecule has 1 fully saturated rings. The van der Waals surface area contributed by atoms with Crippen molar-refractivity contribution >= 4 is 15.7 Å². The van der Waals surface area contributed by atoms with Crippen LogP contribution < -0.4 is 0 Å². The van der Waals surface area contributed by atoms with E-state index in [-0.39, 0.29) is 22.8 Å². The summed E-state index contributed by atoms with van der Waals surface area (Å²) in [6, 6.07) is 0. The molecule has 16 heavy (non-hydrogen) atoms. The summed E-state index contributed by atoms with van der Waals surface area (Å²) in [5.74, 6) is 0.311. The Bertz CT molecular complexity index is 345. The van der Waals surface area contributed by atoms with Gasteiger partial charge in [0.25, 0.3) is 0 Å². The summed E-state index contributed by atoms with van der Waals surface area (Å²) in [4.78, 5) is 13.8. The maximum absolute atomic E-state index is 12.2. The van der Waals surface area contributed by atoms with E-state index in [0.717, 1.165) is 12.8 Å². The van der Waals surface area contributed by atoms with E-state index >= 15 is 0 Å². The molecule has 0 aromatic rings. The Hall–Kier alpha value is -0.580. The van der Waals surface area contributed by atoms with Gasteiger partial charge in [0.2, 0.25) is 5.91 Å². The first-order valence-corrected chi connectivity index (χ1v) is 7.60. The number of hydrogen-bond acceptors (Lipinski definition) is 3. The van der Waals surface area contributed by atoms with Gasteiger partial charge in [0.1, 0.15) is 0 Å². The zero-order chi connectivity index (χ0) is 12.4. The highest BCUT2D eigenvalue weighted by molar-refractivity contribution is 7.91. The van der Waals surface area contributed by atoms with Crippen LogP contribution in [-0.4, -0.2) is 43.8 Å². The van der Waals surface area contributed by atoms with Crippen LogP contribution in [-0.2, 0) is 14.6 Å². The Morgan fingerprint density at radius 3 is 2.19 bits per heavy atom. The quantitative estimate of drug-likeness (QED) is 0.749. The van der Waals surface area contributed by atoms with Crippen LogP contribution in [0.3, 0.4) is 0 Å². The molecule has 1 heterocycles. The van der Waals surface area contributed by atoms with E-state index in [1.54, 1.807) is 4.90 Å². The molecule has 1 rings (SSSR count). The van der Waals surface area contributed by atoms with Crippen LogP contribution in [0.5, 0.6) is 0 Å². The van der Waals surface area contributed by atoms with E-state index in [0.29, 0.717) is 13.1 Å². The average Bonchev–Trinajstić information content (AvgIpc) is 2.16. The van der Waals surface area contributed by atoms with Gasteiger partial charge in [0.15, 0.2) is 9.84 Å². The van der Waals surface area contributed by atoms with Gasteiger partial charge in [-0.25, -0.2) is 8.42 Å². The Morgan fingerprint density at radius 2 is 1.75 bits per heavy atom. The molecular formula is C11H21NO3S. The van der Waals surface area contributed by atoms with Gasteiger partial charge in [-0.05, 0) is 6.42 Å². The Kier molecular flexibility index (Phi) is 3.99. The molecule has 0 bridgehead atoms. The fourth-order valence-electron chi connectivity index (χ4n) is 2.08. The second-order valence-corrected chi connectivity index (χ2v) is 7.38. The highest BCUT2D eigenvalue weighted by Crippen LogP contribution is 2.25. The third-order valence-corrected chi connectivity index (χ3v) is 4.69. The predicted molar refractivity (Wildman–Crippen MR) is 63.9 cm³/mol. The maximum Gasteiger partial charge on any atom is 0.228 e. The van der Waals surface area contributed by atoms with Crippen LogP contribution in [0.4, 0.5) is 0 Å². The van der Waals surface area contributed by atoms with Gasteiger partial charge in [-0.2, -0.15) is 0 Å². The Balaban J connectivity index is 2.63. The summed E-state index contributed by atoms with van der Waals surface area (Å²) >= 11 is 0. The minimum absolute atomic E-state index is 0.0873. The fourth-order valence-corrected chi connectivity index (χ4v) is 3.28. The number of carbonyl (C=O) groups is 1. The van der Waals surface area contributed by atoms with Crippen LogP contribution in [0.25, 0.3) is 0 Å². The standard InChI is InChI=1S/C11H21NO3S/c1-4-5-11(2,3)10(13)12-6-8-16(14,15)9-7-12/h4-9H2,1-3H3. The van der Waals surface area contributed by atoms with Gasteiger partial charge in [-0.3, -0.25) is 4.79 Å². The minimum atomic E-state index is -2.90. The summed E-state index contributed by atoms with van der Waals surface area (Å²) in [5, 5.41) is 0. The third-order valence-electron chi connectivity index (χ3n) is 3.09. The first kappa shape index (κ1) is 13.5. The molecule has 1 saturated heterocycles. The molecule has 0 radical (unpaired) electrons. The molecule has 1 aliphatic rings. The van der Waals surface area contributed by atoms with Gasteiger partial charge in [-0.1, -0.05) is 27.2 Å². The molecule has 1 amide bonds. The topological polar surface area (TPSA) is 54.5 Å². The largest absolute Gasteiger partial charge is 0.340 e. The normalized spacial score (nSPS) is 20.8. The van der Waals surface area contributed by atoms with Crippen molar-refractivity contribution in [1.82, 2.24) is 4.90 Å². The molecule has 5 heteroatoms. The number of carbonyl (C=O) groups excluding carboxylic acids is 1. The highest BCUT2D eigenvalue weighted by Gasteiger charge is 2.34. The smallest absolute Gasteiger partial charge is 0.228 e. The Labute approximate surface area is 97.9 Å². The van der Waals surface area contributed by atoms with Crippen LogP contribution in [0.1, 0.15) is 33.6 Å². The van der Waals surface area contributed by atoms with Crippen molar-refractivity contribution in [3.63, 3.8) is 0 Å². The van der Waals surface area contributed by atoms with Crippen molar-refractivity contribution in [2.45, 2.75) is 33.6 Å². The summed E-state index contributed by atoms with van der Waals surface area (Å²) in [6.45, 7) is 6.63. The van der Waals surface area contributed by atoms with Crippen LogP contribution in [0, 0.1) is 5.41 Å². The second-order valence-electron chi connectivity index (χ2n) is 5.08. The summed E-state index contributed by atoms with van der Waals surface area (Å²) in [7, 11) is -2.90. The lowest BCUT2D eigenvalue weighted by Gasteiger charge is -2.34. The highest BCUT2D eigenvalue weighted by atomic mass is 32.2. The molecule has 1 aliphatic heterocycles. The lowest BCUT2D eigenvalue weighted by Crippen LogP contribution is -2.48. The van der Waals surface area contributed by atoms with Crippen molar-refractivity contribution in [2.75, 3.05) is 24.6 Å². The molecular weight excluding hydrogens is 226 g/mol. The molecule has 0 atom stereocenters. The number of nitrogens with zero attached hydrogens (tertiary/aromatic N) is 1. The molecule has 0 aromatic heterocycles. The van der Waals surface area contributed by atoms with Crippen molar-refractivity contribution in [1.29, 1.82) is 0 Å². The van der Waals surface area contributed by atoms with Crippen LogP contribution >= 0.6 is 0 Å². The number of rotatable bonds is 3.